The van der Waals surface area contributed by atoms with E-state index in [2.05, 4.69) is 10.6 Å². The lowest BCUT2D eigenvalue weighted by atomic mass is 10.2. The summed E-state index contributed by atoms with van der Waals surface area (Å²) in [5.74, 6) is -0.582. The van der Waals surface area contributed by atoms with Gasteiger partial charge >= 0.3 is 12.0 Å². The van der Waals surface area contributed by atoms with E-state index in [0.717, 1.165) is 30.6 Å². The molecular formula is C18H23ClN2O4S. The smallest absolute Gasteiger partial charge is 0.321 e. The van der Waals surface area contributed by atoms with E-state index in [1.807, 2.05) is 12.1 Å². The zero-order valence-corrected chi connectivity index (χ0v) is 16.2. The predicted octanol–water partition coefficient (Wildman–Crippen LogP) is 3.52. The summed E-state index contributed by atoms with van der Waals surface area (Å²) in [5.41, 5.74) is 0. The van der Waals surface area contributed by atoms with Crippen molar-refractivity contribution in [3.8, 4) is 0 Å². The third-order valence-electron chi connectivity index (χ3n) is 3.99. The Hall–Kier alpha value is -1.73. The molecule has 0 aliphatic heterocycles. The van der Waals surface area contributed by atoms with Crippen molar-refractivity contribution >= 4 is 41.3 Å². The highest BCUT2D eigenvalue weighted by Crippen LogP contribution is 2.21. The van der Waals surface area contributed by atoms with Gasteiger partial charge < -0.3 is 10.1 Å². The van der Waals surface area contributed by atoms with E-state index in [9.17, 15) is 14.4 Å². The number of thioether (sulfide) groups is 1. The van der Waals surface area contributed by atoms with Crippen LogP contribution in [0.3, 0.4) is 0 Å². The van der Waals surface area contributed by atoms with Crippen LogP contribution >= 0.6 is 23.4 Å². The Kier molecular flexibility index (Phi) is 8.25. The number of ether oxygens (including phenoxy) is 1. The fraction of sp³-hybridized carbons (Fsp3) is 0.500. The van der Waals surface area contributed by atoms with Gasteiger partial charge in [0.2, 0.25) is 0 Å². The second kappa shape index (κ2) is 10.4. The second-order valence-electron chi connectivity index (χ2n) is 6.13. The highest BCUT2D eigenvalue weighted by molar-refractivity contribution is 7.99. The van der Waals surface area contributed by atoms with Gasteiger partial charge in [0.05, 0.1) is 6.42 Å². The molecule has 1 atom stereocenters. The van der Waals surface area contributed by atoms with Crippen LogP contribution in [0.2, 0.25) is 5.02 Å². The number of hydrogen-bond donors (Lipinski definition) is 2. The van der Waals surface area contributed by atoms with Crippen LogP contribution in [-0.2, 0) is 14.3 Å². The van der Waals surface area contributed by atoms with Gasteiger partial charge in [-0.15, -0.1) is 11.8 Å². The lowest BCUT2D eigenvalue weighted by molar-refractivity contribution is -0.154. The maximum atomic E-state index is 11.9. The lowest BCUT2D eigenvalue weighted by Gasteiger charge is -2.15. The van der Waals surface area contributed by atoms with Gasteiger partial charge in [-0.25, -0.2) is 4.79 Å². The summed E-state index contributed by atoms with van der Waals surface area (Å²) in [4.78, 5) is 36.5. The first kappa shape index (κ1) is 20.6. The molecule has 142 valence electrons. The monoisotopic (exact) mass is 398 g/mol. The Balaban J connectivity index is 1.64. The Labute approximate surface area is 162 Å². The van der Waals surface area contributed by atoms with E-state index in [1.54, 1.807) is 12.1 Å². The zero-order chi connectivity index (χ0) is 18.9. The molecule has 1 aliphatic rings. The number of urea groups is 1. The van der Waals surface area contributed by atoms with E-state index in [4.69, 9.17) is 16.3 Å². The van der Waals surface area contributed by atoms with Gasteiger partial charge in [-0.1, -0.05) is 24.4 Å². The summed E-state index contributed by atoms with van der Waals surface area (Å²) in [7, 11) is 0. The van der Waals surface area contributed by atoms with Gasteiger partial charge in [-0.2, -0.15) is 0 Å². The van der Waals surface area contributed by atoms with E-state index >= 15 is 0 Å². The Bertz CT molecular complexity index is 633. The molecule has 0 heterocycles. The maximum Gasteiger partial charge on any atom is 0.321 e. The van der Waals surface area contributed by atoms with Crippen molar-refractivity contribution in [1.82, 2.24) is 10.6 Å². The molecule has 2 rings (SSSR count). The average Bonchev–Trinajstić information content (AvgIpc) is 3.09. The molecule has 0 unspecified atom stereocenters. The van der Waals surface area contributed by atoms with Crippen molar-refractivity contribution in [2.75, 3.05) is 5.75 Å². The summed E-state index contributed by atoms with van der Waals surface area (Å²) in [6.45, 7) is 1.45. The fourth-order valence-electron chi connectivity index (χ4n) is 2.60. The first-order chi connectivity index (χ1) is 12.4. The summed E-state index contributed by atoms with van der Waals surface area (Å²) in [5, 5.41) is 5.62. The summed E-state index contributed by atoms with van der Waals surface area (Å²) >= 11 is 7.31. The molecule has 1 saturated carbocycles. The SMILES string of the molecule is C[C@H](OC(=O)CCSc1ccc(Cl)cc1)C(=O)NC(=O)NC1CCCC1. The second-order valence-corrected chi connectivity index (χ2v) is 7.73. The Morgan fingerprint density at radius 1 is 1.23 bits per heavy atom. The van der Waals surface area contributed by atoms with E-state index < -0.39 is 24.0 Å². The molecule has 26 heavy (non-hydrogen) atoms. The van der Waals surface area contributed by atoms with Gasteiger partial charge in [-0.3, -0.25) is 14.9 Å². The summed E-state index contributed by atoms with van der Waals surface area (Å²) in [6, 6.07) is 6.89. The van der Waals surface area contributed by atoms with E-state index in [0.29, 0.717) is 10.8 Å². The summed E-state index contributed by atoms with van der Waals surface area (Å²) in [6.07, 6.45) is 3.17. The van der Waals surface area contributed by atoms with Gasteiger partial charge in [-0.05, 0) is 44.0 Å². The minimum atomic E-state index is -1.02. The van der Waals surface area contributed by atoms with Crippen molar-refractivity contribution in [2.45, 2.75) is 56.1 Å². The number of esters is 1. The third-order valence-corrected chi connectivity index (χ3v) is 5.26. The molecule has 8 heteroatoms. The van der Waals surface area contributed by atoms with E-state index in [1.165, 1.54) is 18.7 Å². The number of carbonyl (C=O) groups excluding carboxylic acids is 3. The van der Waals surface area contributed by atoms with Gasteiger partial charge in [0.15, 0.2) is 6.10 Å². The van der Waals surface area contributed by atoms with Crippen LogP contribution < -0.4 is 10.6 Å². The molecule has 0 spiro atoms. The van der Waals surface area contributed by atoms with Crippen LogP contribution in [0.25, 0.3) is 0 Å². The Morgan fingerprint density at radius 3 is 2.54 bits per heavy atom. The molecule has 2 N–H and O–H groups in total. The van der Waals surface area contributed by atoms with Crippen molar-refractivity contribution in [3.05, 3.63) is 29.3 Å². The largest absolute Gasteiger partial charge is 0.453 e. The number of halogens is 1. The minimum Gasteiger partial charge on any atom is -0.453 e. The first-order valence-electron chi connectivity index (χ1n) is 8.63. The molecular weight excluding hydrogens is 376 g/mol. The highest BCUT2D eigenvalue weighted by atomic mass is 35.5. The number of benzene rings is 1. The molecule has 0 aromatic heterocycles. The number of nitrogens with one attached hydrogen (secondary N) is 2. The van der Waals surface area contributed by atoms with Crippen LogP contribution in [0.5, 0.6) is 0 Å². The van der Waals surface area contributed by atoms with Crippen LogP contribution in [0.4, 0.5) is 4.79 Å². The number of amides is 3. The van der Waals surface area contributed by atoms with E-state index in [-0.39, 0.29) is 12.5 Å². The molecule has 0 bridgehead atoms. The van der Waals surface area contributed by atoms with Crippen molar-refractivity contribution < 1.29 is 19.1 Å². The van der Waals surface area contributed by atoms with Crippen LogP contribution in [0.15, 0.2) is 29.2 Å². The zero-order valence-electron chi connectivity index (χ0n) is 14.6. The molecule has 1 fully saturated rings. The molecule has 3 amide bonds. The van der Waals surface area contributed by atoms with Crippen LogP contribution in [0, 0.1) is 0 Å². The quantitative estimate of drug-likeness (QED) is 0.542. The number of carbonyl (C=O) groups is 3. The highest BCUT2D eigenvalue weighted by Gasteiger charge is 2.22. The topological polar surface area (TPSA) is 84.5 Å². The lowest BCUT2D eigenvalue weighted by Crippen LogP contribution is -2.47. The molecule has 1 aromatic carbocycles. The number of rotatable bonds is 7. The van der Waals surface area contributed by atoms with Crippen molar-refractivity contribution in [3.63, 3.8) is 0 Å². The molecule has 0 radical (unpaired) electrons. The van der Waals surface area contributed by atoms with Crippen molar-refractivity contribution in [2.24, 2.45) is 0 Å². The van der Waals surface area contributed by atoms with Gasteiger partial charge in [0.1, 0.15) is 0 Å². The third kappa shape index (κ3) is 7.25. The number of imide groups is 1. The molecule has 1 aromatic rings. The standard InChI is InChI=1S/C18H23ClN2O4S/c1-12(17(23)21-18(24)20-14-4-2-3-5-14)25-16(22)10-11-26-15-8-6-13(19)7-9-15/h6-9,12,14H,2-5,10-11H2,1H3,(H2,20,21,23,24)/t12-/m0/s1. The van der Waals surface area contributed by atoms with Crippen LogP contribution in [0.1, 0.15) is 39.0 Å². The van der Waals surface area contributed by atoms with Crippen molar-refractivity contribution in [1.29, 1.82) is 0 Å². The first-order valence-corrected chi connectivity index (χ1v) is 9.99. The van der Waals surface area contributed by atoms with Gasteiger partial charge in [0.25, 0.3) is 5.91 Å². The molecule has 1 aliphatic carbocycles. The predicted molar refractivity (Wildman–Crippen MR) is 101 cm³/mol. The van der Waals surface area contributed by atoms with Gasteiger partial charge in [0, 0.05) is 21.7 Å². The minimum absolute atomic E-state index is 0.116. The number of hydrogen-bond acceptors (Lipinski definition) is 5. The summed E-state index contributed by atoms with van der Waals surface area (Å²) < 4.78 is 5.07. The molecule has 6 nitrogen and oxygen atoms in total. The average molecular weight is 399 g/mol. The normalized spacial score (nSPS) is 15.3. The molecule has 0 saturated heterocycles. The maximum absolute atomic E-state index is 11.9. The fourth-order valence-corrected chi connectivity index (χ4v) is 3.56. The van der Waals surface area contributed by atoms with Crippen LogP contribution in [-0.4, -0.2) is 35.8 Å². The Morgan fingerprint density at radius 2 is 1.88 bits per heavy atom.